The fourth-order valence-electron chi connectivity index (χ4n) is 6.28. The molecule has 1 amide bonds. The van der Waals surface area contributed by atoms with E-state index < -0.39 is 57.9 Å². The Labute approximate surface area is 203 Å². The number of aliphatic hydroxyl groups excluding tert-OH is 2. The molecule has 0 saturated carbocycles. The lowest BCUT2D eigenvalue weighted by Crippen LogP contribution is -2.60. The van der Waals surface area contributed by atoms with Gasteiger partial charge >= 0.3 is 0 Å². The van der Waals surface area contributed by atoms with E-state index in [1.54, 1.807) is 19.1 Å². The number of nitrogens with two attached hydrogens (primary N) is 1. The van der Waals surface area contributed by atoms with Gasteiger partial charge in [0.2, 0.25) is 5.78 Å². The summed E-state index contributed by atoms with van der Waals surface area (Å²) in [5, 5.41) is 44.6. The van der Waals surface area contributed by atoms with E-state index in [1.165, 1.54) is 6.07 Å². The quantitative estimate of drug-likeness (QED) is 0.326. The fraction of sp³-hybridized carbons (Fsp3) is 0.444. The van der Waals surface area contributed by atoms with E-state index in [-0.39, 0.29) is 29.2 Å². The van der Waals surface area contributed by atoms with Gasteiger partial charge in [-0.3, -0.25) is 14.4 Å². The Morgan fingerprint density at radius 2 is 1.89 bits per heavy atom. The molecular formula is C27H31NO7. The van der Waals surface area contributed by atoms with Crippen molar-refractivity contribution in [2.24, 2.45) is 23.5 Å². The number of carbonyl (C=O) groups is 3. The van der Waals surface area contributed by atoms with Crippen molar-refractivity contribution in [2.75, 3.05) is 0 Å². The zero-order chi connectivity index (χ0) is 26.0. The van der Waals surface area contributed by atoms with Crippen molar-refractivity contribution in [1.82, 2.24) is 0 Å². The van der Waals surface area contributed by atoms with Crippen LogP contribution >= 0.6 is 0 Å². The Hall–Kier alpha value is -3.39. The number of rotatable bonds is 4. The zero-order valence-electron chi connectivity index (χ0n) is 20.3. The van der Waals surface area contributed by atoms with E-state index in [0.717, 1.165) is 5.56 Å². The van der Waals surface area contributed by atoms with Crippen molar-refractivity contribution in [3.05, 3.63) is 63.1 Å². The second kappa shape index (κ2) is 8.37. The van der Waals surface area contributed by atoms with E-state index in [0.29, 0.717) is 24.0 Å². The molecule has 4 atom stereocenters. The first-order valence-corrected chi connectivity index (χ1v) is 11.9. The predicted molar refractivity (Wildman–Crippen MR) is 128 cm³/mol. The standard InChI is InChI=1S/C27H31NO7/c1-5-12(6-2)18-16-10-13-9-15-14(11(3)4)7-8-17(29)20(15)23(31)19(13)24(32)27(16,35)25(33)21(22(18)30)26(28)34/h5,7-8,11,13,16,18,29-30,32,35H,6,9-10H2,1-4H3,(H2,28,34)/b12-5-/t13?,16?,18?,27-/m0/s1. The van der Waals surface area contributed by atoms with Crippen LogP contribution < -0.4 is 5.73 Å². The minimum Gasteiger partial charge on any atom is -0.511 e. The molecule has 1 aromatic rings. The largest absolute Gasteiger partial charge is 0.511 e. The number of hydrogen-bond donors (Lipinski definition) is 5. The molecule has 0 aliphatic heterocycles. The number of primary amides is 1. The highest BCUT2D eigenvalue weighted by Gasteiger charge is 2.63. The molecule has 3 aliphatic rings. The lowest BCUT2D eigenvalue weighted by Gasteiger charge is -2.49. The molecule has 0 radical (unpaired) electrons. The second-order valence-electron chi connectivity index (χ2n) is 9.93. The number of phenols is 1. The van der Waals surface area contributed by atoms with Crippen LogP contribution in [0.5, 0.6) is 5.75 Å². The molecule has 0 spiro atoms. The topological polar surface area (TPSA) is 158 Å². The van der Waals surface area contributed by atoms with Crippen molar-refractivity contribution in [2.45, 2.75) is 58.5 Å². The molecule has 3 aliphatic carbocycles. The van der Waals surface area contributed by atoms with Gasteiger partial charge < -0.3 is 26.2 Å². The summed E-state index contributed by atoms with van der Waals surface area (Å²) in [5.74, 6) is -7.17. The van der Waals surface area contributed by atoms with Crippen LogP contribution in [0.15, 0.2) is 46.4 Å². The summed E-state index contributed by atoms with van der Waals surface area (Å²) >= 11 is 0. The highest BCUT2D eigenvalue weighted by molar-refractivity contribution is 6.24. The summed E-state index contributed by atoms with van der Waals surface area (Å²) in [5.41, 5.74) is 4.14. The number of amides is 1. The van der Waals surface area contributed by atoms with E-state index in [9.17, 15) is 34.8 Å². The Balaban J connectivity index is 2.00. The number of aromatic hydroxyl groups is 1. The summed E-state index contributed by atoms with van der Waals surface area (Å²) in [7, 11) is 0. The maximum atomic E-state index is 13.6. The minimum absolute atomic E-state index is 0.0482. The van der Waals surface area contributed by atoms with E-state index in [4.69, 9.17) is 5.73 Å². The molecule has 35 heavy (non-hydrogen) atoms. The van der Waals surface area contributed by atoms with E-state index in [1.807, 2.05) is 20.8 Å². The number of allylic oxidation sites excluding steroid dienone is 3. The number of hydrogen-bond acceptors (Lipinski definition) is 7. The van der Waals surface area contributed by atoms with Crippen LogP contribution in [0.4, 0.5) is 0 Å². The van der Waals surface area contributed by atoms with Gasteiger partial charge in [0, 0.05) is 17.4 Å². The van der Waals surface area contributed by atoms with Gasteiger partial charge in [0.15, 0.2) is 11.4 Å². The van der Waals surface area contributed by atoms with Crippen LogP contribution in [0, 0.1) is 17.8 Å². The zero-order valence-corrected chi connectivity index (χ0v) is 20.3. The van der Waals surface area contributed by atoms with Crippen molar-refractivity contribution < 1.29 is 34.8 Å². The molecule has 8 nitrogen and oxygen atoms in total. The van der Waals surface area contributed by atoms with Gasteiger partial charge in [-0.15, -0.1) is 0 Å². The predicted octanol–water partition coefficient (Wildman–Crippen LogP) is 3.29. The normalized spacial score (nSPS) is 28.7. The molecule has 8 heteroatoms. The summed E-state index contributed by atoms with van der Waals surface area (Å²) in [4.78, 5) is 39.2. The van der Waals surface area contributed by atoms with Crippen molar-refractivity contribution >= 4 is 17.5 Å². The first-order chi connectivity index (χ1) is 16.4. The average Bonchev–Trinajstić information content (AvgIpc) is 2.78. The number of benzene rings is 1. The SMILES string of the molecule is C/C=C(/CC)C1C(O)=C(C(N)=O)C(=O)[C@@]2(O)C(O)=C3C(=O)c4c(O)ccc(C(C)C)c4CC3CC12. The van der Waals surface area contributed by atoms with Gasteiger partial charge in [-0.05, 0) is 55.2 Å². The summed E-state index contributed by atoms with van der Waals surface area (Å²) in [6.45, 7) is 7.53. The molecule has 0 heterocycles. The first kappa shape index (κ1) is 24.7. The molecule has 0 aromatic heterocycles. The van der Waals surface area contributed by atoms with Crippen LogP contribution in [0.25, 0.3) is 0 Å². The lowest BCUT2D eigenvalue weighted by atomic mass is 9.55. The van der Waals surface area contributed by atoms with Crippen molar-refractivity contribution in [1.29, 1.82) is 0 Å². The molecule has 0 bridgehead atoms. The molecule has 4 rings (SSSR count). The first-order valence-electron chi connectivity index (χ1n) is 11.9. The highest BCUT2D eigenvalue weighted by Crippen LogP contribution is 2.55. The van der Waals surface area contributed by atoms with Crippen LogP contribution in [-0.2, 0) is 16.0 Å². The third kappa shape index (κ3) is 3.26. The Bertz CT molecular complexity index is 1250. The van der Waals surface area contributed by atoms with Crippen LogP contribution in [0.1, 0.15) is 67.9 Å². The van der Waals surface area contributed by atoms with Crippen molar-refractivity contribution in [3.63, 3.8) is 0 Å². The van der Waals surface area contributed by atoms with Gasteiger partial charge in [-0.1, -0.05) is 38.5 Å². The van der Waals surface area contributed by atoms with Gasteiger partial charge in [0.05, 0.1) is 5.56 Å². The monoisotopic (exact) mass is 481 g/mol. The Morgan fingerprint density at radius 1 is 1.23 bits per heavy atom. The van der Waals surface area contributed by atoms with Crippen LogP contribution in [-0.4, -0.2) is 43.5 Å². The highest BCUT2D eigenvalue weighted by atomic mass is 16.3. The van der Waals surface area contributed by atoms with E-state index in [2.05, 4.69) is 0 Å². The number of aliphatic hydroxyl groups is 3. The smallest absolute Gasteiger partial charge is 0.255 e. The summed E-state index contributed by atoms with van der Waals surface area (Å²) in [6, 6.07) is 3.20. The number of fused-ring (bicyclic) bond motifs is 3. The van der Waals surface area contributed by atoms with Crippen molar-refractivity contribution in [3.8, 4) is 5.75 Å². The molecule has 0 saturated heterocycles. The number of Topliss-reactive ketones (excluding diaryl/α,β-unsaturated/α-hetero) is 2. The van der Waals surface area contributed by atoms with Gasteiger partial charge in [0.1, 0.15) is 22.8 Å². The van der Waals surface area contributed by atoms with Crippen LogP contribution in [0.2, 0.25) is 0 Å². The third-order valence-corrected chi connectivity index (χ3v) is 7.92. The Morgan fingerprint density at radius 3 is 2.43 bits per heavy atom. The molecule has 0 fully saturated rings. The molecule has 1 aromatic carbocycles. The van der Waals surface area contributed by atoms with Gasteiger partial charge in [-0.25, -0.2) is 0 Å². The average molecular weight is 482 g/mol. The molecule has 6 N–H and O–H groups in total. The second-order valence-corrected chi connectivity index (χ2v) is 9.93. The number of phenolic OH excluding ortho intramolecular Hbond substituents is 1. The third-order valence-electron chi connectivity index (χ3n) is 7.92. The summed E-state index contributed by atoms with van der Waals surface area (Å²) < 4.78 is 0. The maximum absolute atomic E-state index is 13.6. The molecule has 186 valence electrons. The lowest BCUT2D eigenvalue weighted by molar-refractivity contribution is -0.147. The minimum atomic E-state index is -2.62. The summed E-state index contributed by atoms with van der Waals surface area (Å²) in [6.07, 6.45) is 2.59. The van der Waals surface area contributed by atoms with Gasteiger partial charge in [0.25, 0.3) is 5.91 Å². The fourth-order valence-corrected chi connectivity index (χ4v) is 6.28. The maximum Gasteiger partial charge on any atom is 0.255 e. The molecule has 3 unspecified atom stereocenters. The molecular weight excluding hydrogens is 450 g/mol. The Kier molecular flexibility index (Phi) is 5.92. The van der Waals surface area contributed by atoms with Gasteiger partial charge in [-0.2, -0.15) is 0 Å². The van der Waals surface area contributed by atoms with E-state index >= 15 is 0 Å². The number of ketones is 2. The van der Waals surface area contributed by atoms with Crippen LogP contribution in [0.3, 0.4) is 0 Å². The number of carbonyl (C=O) groups excluding carboxylic acids is 3.